The Bertz CT molecular complexity index is 727. The molecule has 4 heteroatoms. The maximum Gasteiger partial charge on any atom is 0.335 e. The maximum absolute atomic E-state index is 12.1. The van der Waals surface area contributed by atoms with Gasteiger partial charge in [0.2, 0.25) is 5.91 Å². The Morgan fingerprint density at radius 1 is 1.04 bits per heavy atom. The summed E-state index contributed by atoms with van der Waals surface area (Å²) in [7, 11) is 0. The summed E-state index contributed by atoms with van der Waals surface area (Å²) in [5.41, 5.74) is 5.30. The molecule has 0 aliphatic carbocycles. The lowest BCUT2D eigenvalue weighted by Gasteiger charge is -2.13. The molecule has 0 aromatic heterocycles. The van der Waals surface area contributed by atoms with Gasteiger partial charge in [0.1, 0.15) is 0 Å². The molecule has 0 atom stereocenters. The third-order valence-electron chi connectivity index (χ3n) is 3.90. The first-order valence-electron chi connectivity index (χ1n) is 7.53. The molecular formula is C19H21NO3. The minimum atomic E-state index is -1.02. The van der Waals surface area contributed by atoms with Crippen molar-refractivity contribution in [2.24, 2.45) is 0 Å². The number of hydrogen-bond acceptors (Lipinski definition) is 2. The van der Waals surface area contributed by atoms with Gasteiger partial charge >= 0.3 is 5.97 Å². The summed E-state index contributed by atoms with van der Waals surface area (Å²) in [6.45, 7) is 6.56. The zero-order valence-electron chi connectivity index (χ0n) is 13.6. The van der Waals surface area contributed by atoms with Gasteiger partial charge in [-0.1, -0.05) is 35.9 Å². The van der Waals surface area contributed by atoms with Gasteiger partial charge < -0.3 is 10.4 Å². The molecule has 0 heterocycles. The molecule has 2 rings (SSSR count). The molecular weight excluding hydrogens is 290 g/mol. The fourth-order valence-electron chi connectivity index (χ4n) is 2.79. The van der Waals surface area contributed by atoms with Gasteiger partial charge in [0.15, 0.2) is 0 Å². The lowest BCUT2D eigenvalue weighted by atomic mass is 9.99. The number of benzene rings is 2. The average Bonchev–Trinajstić information content (AvgIpc) is 2.46. The van der Waals surface area contributed by atoms with Crippen LogP contribution in [0.5, 0.6) is 0 Å². The molecule has 0 spiro atoms. The average molecular weight is 311 g/mol. The molecule has 0 bridgehead atoms. The highest BCUT2D eigenvalue weighted by Gasteiger charge is 2.13. The summed E-state index contributed by atoms with van der Waals surface area (Å²) in [4.78, 5) is 23.3. The molecule has 0 saturated carbocycles. The number of nitrogens with one attached hydrogen (secondary N) is 1. The van der Waals surface area contributed by atoms with Crippen LogP contribution in [0.3, 0.4) is 0 Å². The Morgan fingerprint density at radius 3 is 2.26 bits per heavy atom. The van der Waals surface area contributed by atoms with Crippen LogP contribution in [0.1, 0.15) is 38.2 Å². The first kappa shape index (κ1) is 16.7. The highest BCUT2D eigenvalue weighted by atomic mass is 16.4. The van der Waals surface area contributed by atoms with Crippen molar-refractivity contribution >= 4 is 11.9 Å². The van der Waals surface area contributed by atoms with E-state index >= 15 is 0 Å². The predicted molar refractivity (Wildman–Crippen MR) is 89.6 cm³/mol. The summed E-state index contributed by atoms with van der Waals surface area (Å²) in [5.74, 6) is -1.20. The fourth-order valence-corrected chi connectivity index (χ4v) is 2.79. The Balaban J connectivity index is 2.06. The van der Waals surface area contributed by atoms with Gasteiger partial charge in [-0.05, 0) is 49.1 Å². The largest absolute Gasteiger partial charge is 0.478 e. The number of carbonyl (C=O) groups is 2. The van der Waals surface area contributed by atoms with Crippen molar-refractivity contribution in [2.75, 3.05) is 0 Å². The van der Waals surface area contributed by atoms with Gasteiger partial charge in [-0.25, -0.2) is 4.79 Å². The van der Waals surface area contributed by atoms with Gasteiger partial charge in [-0.2, -0.15) is 0 Å². The van der Waals surface area contributed by atoms with Crippen LogP contribution >= 0.6 is 0 Å². The van der Waals surface area contributed by atoms with Crippen LogP contribution in [-0.4, -0.2) is 17.0 Å². The molecule has 0 radical (unpaired) electrons. The van der Waals surface area contributed by atoms with Crippen LogP contribution in [0.15, 0.2) is 36.4 Å². The molecule has 120 valence electrons. The smallest absolute Gasteiger partial charge is 0.335 e. The molecule has 0 unspecified atom stereocenters. The number of carboxylic acids is 1. The van der Waals surface area contributed by atoms with E-state index < -0.39 is 5.97 Å². The molecule has 1 amide bonds. The number of hydrogen-bond donors (Lipinski definition) is 2. The molecule has 0 aliphatic heterocycles. The Kier molecular flexibility index (Phi) is 5.16. The molecule has 4 nitrogen and oxygen atoms in total. The van der Waals surface area contributed by atoms with E-state index in [1.54, 1.807) is 18.2 Å². The number of aryl methyl sites for hydroxylation is 3. The molecule has 2 aromatic rings. The summed E-state index contributed by atoms with van der Waals surface area (Å²) < 4.78 is 0. The number of amides is 1. The van der Waals surface area contributed by atoms with Crippen LogP contribution in [0.2, 0.25) is 0 Å². The van der Waals surface area contributed by atoms with E-state index in [-0.39, 0.29) is 17.9 Å². The van der Waals surface area contributed by atoms with Gasteiger partial charge in [-0.3, -0.25) is 4.79 Å². The number of aromatic carboxylic acids is 1. The number of carboxylic acid groups (broad SMARTS) is 1. The van der Waals surface area contributed by atoms with E-state index in [2.05, 4.69) is 17.4 Å². The van der Waals surface area contributed by atoms with Gasteiger partial charge in [-0.15, -0.1) is 0 Å². The van der Waals surface area contributed by atoms with Gasteiger partial charge in [0.25, 0.3) is 0 Å². The lowest BCUT2D eigenvalue weighted by Crippen LogP contribution is -2.26. The van der Waals surface area contributed by atoms with E-state index in [1.807, 2.05) is 20.8 Å². The van der Waals surface area contributed by atoms with E-state index in [0.29, 0.717) is 12.1 Å². The molecule has 0 fully saturated rings. The van der Waals surface area contributed by atoms with Crippen molar-refractivity contribution in [3.05, 3.63) is 69.8 Å². The SMILES string of the molecule is Cc1cc(C)c(CNC(=O)Cc2ccccc2C(=O)O)c(C)c1. The summed E-state index contributed by atoms with van der Waals surface area (Å²) >= 11 is 0. The first-order chi connectivity index (χ1) is 10.9. The van der Waals surface area contributed by atoms with Crippen molar-refractivity contribution in [1.82, 2.24) is 5.32 Å². The second kappa shape index (κ2) is 7.09. The van der Waals surface area contributed by atoms with Crippen molar-refractivity contribution in [2.45, 2.75) is 33.7 Å². The Labute approximate surface area is 136 Å². The number of carbonyl (C=O) groups excluding carboxylic acids is 1. The highest BCUT2D eigenvalue weighted by molar-refractivity contribution is 5.91. The molecule has 0 aliphatic rings. The normalized spacial score (nSPS) is 10.4. The van der Waals surface area contributed by atoms with Crippen LogP contribution in [-0.2, 0) is 17.8 Å². The minimum Gasteiger partial charge on any atom is -0.478 e. The lowest BCUT2D eigenvalue weighted by molar-refractivity contribution is -0.120. The van der Waals surface area contributed by atoms with E-state index in [4.69, 9.17) is 5.11 Å². The fraction of sp³-hybridized carbons (Fsp3) is 0.263. The van der Waals surface area contributed by atoms with E-state index in [0.717, 1.165) is 16.7 Å². The molecule has 0 saturated heterocycles. The second-order valence-corrected chi connectivity index (χ2v) is 5.79. The third-order valence-corrected chi connectivity index (χ3v) is 3.90. The monoisotopic (exact) mass is 311 g/mol. The summed E-state index contributed by atoms with van der Waals surface area (Å²) in [6.07, 6.45) is 0.0619. The van der Waals surface area contributed by atoms with Crippen LogP contribution < -0.4 is 5.32 Å². The van der Waals surface area contributed by atoms with Crippen molar-refractivity contribution in [3.63, 3.8) is 0 Å². The van der Waals surface area contributed by atoms with Crippen LogP contribution in [0.4, 0.5) is 0 Å². The molecule has 2 N–H and O–H groups in total. The maximum atomic E-state index is 12.1. The first-order valence-corrected chi connectivity index (χ1v) is 7.53. The Morgan fingerprint density at radius 2 is 1.65 bits per heavy atom. The summed E-state index contributed by atoms with van der Waals surface area (Å²) in [5, 5.41) is 12.0. The Hall–Kier alpha value is -2.62. The van der Waals surface area contributed by atoms with E-state index in [9.17, 15) is 9.59 Å². The quantitative estimate of drug-likeness (QED) is 0.891. The molecule has 23 heavy (non-hydrogen) atoms. The third kappa shape index (κ3) is 4.19. The standard InChI is InChI=1S/C19H21NO3/c1-12-8-13(2)17(14(3)9-12)11-20-18(21)10-15-6-4-5-7-16(15)19(22)23/h4-9H,10-11H2,1-3H3,(H,20,21)(H,22,23). The number of rotatable bonds is 5. The predicted octanol–water partition coefficient (Wildman–Crippen LogP) is 3.17. The highest BCUT2D eigenvalue weighted by Crippen LogP contribution is 2.16. The van der Waals surface area contributed by atoms with Crippen molar-refractivity contribution in [3.8, 4) is 0 Å². The van der Waals surface area contributed by atoms with Crippen molar-refractivity contribution in [1.29, 1.82) is 0 Å². The minimum absolute atomic E-state index is 0.0619. The van der Waals surface area contributed by atoms with E-state index in [1.165, 1.54) is 11.6 Å². The second-order valence-electron chi connectivity index (χ2n) is 5.79. The van der Waals surface area contributed by atoms with Gasteiger partial charge in [0.05, 0.1) is 12.0 Å². The van der Waals surface area contributed by atoms with Crippen LogP contribution in [0.25, 0.3) is 0 Å². The topological polar surface area (TPSA) is 66.4 Å². The van der Waals surface area contributed by atoms with Gasteiger partial charge in [0, 0.05) is 6.54 Å². The van der Waals surface area contributed by atoms with Crippen molar-refractivity contribution < 1.29 is 14.7 Å². The zero-order chi connectivity index (χ0) is 17.0. The zero-order valence-corrected chi connectivity index (χ0v) is 13.6. The molecule has 2 aromatic carbocycles. The van der Waals surface area contributed by atoms with Crippen LogP contribution in [0, 0.1) is 20.8 Å². The summed E-state index contributed by atoms with van der Waals surface area (Å²) in [6, 6.07) is 10.8.